The lowest BCUT2D eigenvalue weighted by Crippen LogP contribution is -2.16. The highest BCUT2D eigenvalue weighted by Gasteiger charge is 2.35. The molecule has 13 rings (SSSR count). The first-order chi connectivity index (χ1) is 32.4. The molecule has 0 bridgehead atoms. The molecule has 1 aliphatic rings. The van der Waals surface area contributed by atoms with Gasteiger partial charge >= 0.3 is 0 Å². The minimum Gasteiger partial charge on any atom is -0.456 e. The minimum absolute atomic E-state index is 0.116. The van der Waals surface area contributed by atoms with Crippen molar-refractivity contribution >= 4 is 60.9 Å². The third-order valence-electron chi connectivity index (χ3n) is 13.9. The fourth-order valence-corrected chi connectivity index (χ4v) is 10.4. The molecule has 10 aromatic carbocycles. The van der Waals surface area contributed by atoms with Crippen molar-refractivity contribution in [2.45, 2.75) is 19.3 Å². The summed E-state index contributed by atoms with van der Waals surface area (Å²) in [6, 6.07) is 81.1. The Kier molecular flexibility index (Phi) is 8.56. The van der Waals surface area contributed by atoms with Gasteiger partial charge in [0, 0.05) is 44.0 Å². The van der Waals surface area contributed by atoms with Crippen molar-refractivity contribution in [2.75, 3.05) is 4.90 Å². The standard InChI is InChI=1S/C63H43NO2/c1-63(2)57-12-6-3-9-51(57)52-35-33-50(39-58(52)63)64(48-29-23-42(24-30-48)40-15-19-44(20-16-40)46-28-36-61-56(37-46)54-11-5-8-14-60(54)65-61)49-31-25-43(26-32-49)41-17-21-45(22-18-41)47-27-34-55-53-10-4-7-13-59(53)66-62(55)38-47/h3-39H,1-2H3. The van der Waals surface area contributed by atoms with Crippen LogP contribution >= 0.6 is 0 Å². The summed E-state index contributed by atoms with van der Waals surface area (Å²) in [6.07, 6.45) is 0. The maximum atomic E-state index is 6.20. The fraction of sp³-hybridized carbons (Fsp3) is 0.0476. The molecular weight excluding hydrogens is 803 g/mol. The van der Waals surface area contributed by atoms with Crippen molar-refractivity contribution in [1.29, 1.82) is 0 Å². The van der Waals surface area contributed by atoms with Crippen LogP contribution in [-0.4, -0.2) is 0 Å². The molecule has 0 aliphatic heterocycles. The molecule has 0 spiro atoms. The third-order valence-corrected chi connectivity index (χ3v) is 13.9. The second-order valence-corrected chi connectivity index (χ2v) is 18.1. The van der Waals surface area contributed by atoms with Crippen LogP contribution in [-0.2, 0) is 5.41 Å². The molecular formula is C63H43NO2. The normalized spacial score (nSPS) is 12.8. The maximum Gasteiger partial charge on any atom is 0.136 e. The summed E-state index contributed by atoms with van der Waals surface area (Å²) in [4.78, 5) is 2.39. The van der Waals surface area contributed by atoms with Crippen LogP contribution in [0.1, 0.15) is 25.0 Å². The monoisotopic (exact) mass is 845 g/mol. The molecule has 312 valence electrons. The first kappa shape index (κ1) is 38.1. The highest BCUT2D eigenvalue weighted by Crippen LogP contribution is 2.51. The van der Waals surface area contributed by atoms with E-state index in [2.05, 4.69) is 219 Å². The summed E-state index contributed by atoms with van der Waals surface area (Å²) < 4.78 is 12.3. The van der Waals surface area contributed by atoms with E-state index in [9.17, 15) is 0 Å². The SMILES string of the molecule is CC1(C)c2ccccc2-c2ccc(N(c3ccc(-c4ccc(-c5ccc6c(c5)oc5ccccc56)cc4)cc3)c3ccc(-c4ccc(-c5ccc6oc7ccccc7c6c5)cc4)cc3)cc21. The van der Waals surface area contributed by atoms with Gasteiger partial charge in [0.05, 0.1) is 0 Å². The molecule has 0 unspecified atom stereocenters. The summed E-state index contributed by atoms with van der Waals surface area (Å²) in [5, 5.41) is 4.58. The zero-order valence-electron chi connectivity index (χ0n) is 36.6. The Morgan fingerprint density at radius 3 is 1.32 bits per heavy atom. The molecule has 0 atom stereocenters. The van der Waals surface area contributed by atoms with E-state index >= 15 is 0 Å². The Labute approximate surface area is 383 Å². The Bertz CT molecular complexity index is 3810. The van der Waals surface area contributed by atoms with Gasteiger partial charge in [-0.3, -0.25) is 0 Å². The summed E-state index contributed by atoms with van der Waals surface area (Å²) in [7, 11) is 0. The van der Waals surface area contributed by atoms with Crippen molar-refractivity contribution in [2.24, 2.45) is 0 Å². The first-order valence-corrected chi connectivity index (χ1v) is 22.7. The van der Waals surface area contributed by atoms with E-state index < -0.39 is 0 Å². The number of hydrogen-bond acceptors (Lipinski definition) is 3. The lowest BCUT2D eigenvalue weighted by atomic mass is 9.82. The summed E-state index contributed by atoms with van der Waals surface area (Å²) in [5.74, 6) is 0. The smallest absolute Gasteiger partial charge is 0.136 e. The predicted molar refractivity (Wildman–Crippen MR) is 275 cm³/mol. The summed E-state index contributed by atoms with van der Waals surface area (Å²) in [6.45, 7) is 4.70. The van der Waals surface area contributed by atoms with Gasteiger partial charge in [-0.15, -0.1) is 0 Å². The molecule has 0 fully saturated rings. The lowest BCUT2D eigenvalue weighted by molar-refractivity contribution is 0.660. The highest BCUT2D eigenvalue weighted by molar-refractivity contribution is 6.07. The highest BCUT2D eigenvalue weighted by atomic mass is 16.3. The van der Waals surface area contributed by atoms with E-state index in [1.807, 2.05) is 24.3 Å². The van der Waals surface area contributed by atoms with Gasteiger partial charge in [0.15, 0.2) is 0 Å². The second kappa shape index (κ2) is 14.8. The van der Waals surface area contributed by atoms with Gasteiger partial charge in [-0.25, -0.2) is 0 Å². The molecule has 1 aliphatic carbocycles. The molecule has 0 saturated carbocycles. The van der Waals surface area contributed by atoms with Crippen molar-refractivity contribution in [1.82, 2.24) is 0 Å². The van der Waals surface area contributed by atoms with Crippen molar-refractivity contribution < 1.29 is 8.83 Å². The molecule has 12 aromatic rings. The number of furan rings is 2. The molecule has 2 heterocycles. The summed E-state index contributed by atoms with van der Waals surface area (Å²) >= 11 is 0. The molecule has 3 heteroatoms. The van der Waals surface area contributed by atoms with Gasteiger partial charge in [0.2, 0.25) is 0 Å². The van der Waals surface area contributed by atoms with Crippen LogP contribution in [0.4, 0.5) is 17.1 Å². The van der Waals surface area contributed by atoms with E-state index in [1.54, 1.807) is 0 Å². The average Bonchev–Trinajstić information content (AvgIpc) is 4.01. The van der Waals surface area contributed by atoms with Crippen LogP contribution in [0.3, 0.4) is 0 Å². The first-order valence-electron chi connectivity index (χ1n) is 22.7. The van der Waals surface area contributed by atoms with E-state index in [0.29, 0.717) is 0 Å². The fourth-order valence-electron chi connectivity index (χ4n) is 10.4. The number of benzene rings is 10. The van der Waals surface area contributed by atoms with Crippen molar-refractivity contribution in [3.05, 3.63) is 236 Å². The minimum atomic E-state index is -0.116. The van der Waals surface area contributed by atoms with Gasteiger partial charge in [0.25, 0.3) is 0 Å². The van der Waals surface area contributed by atoms with Crippen LogP contribution < -0.4 is 4.90 Å². The van der Waals surface area contributed by atoms with Crippen molar-refractivity contribution in [3.63, 3.8) is 0 Å². The van der Waals surface area contributed by atoms with Gasteiger partial charge in [0.1, 0.15) is 22.3 Å². The molecule has 0 N–H and O–H groups in total. The van der Waals surface area contributed by atoms with Crippen LogP contribution in [0, 0.1) is 0 Å². The van der Waals surface area contributed by atoms with Crippen LogP contribution in [0.25, 0.3) is 99.5 Å². The maximum absolute atomic E-state index is 6.20. The van der Waals surface area contributed by atoms with E-state index in [-0.39, 0.29) is 5.41 Å². The molecule has 0 radical (unpaired) electrons. The predicted octanol–water partition coefficient (Wildman–Crippen LogP) is 17.9. The van der Waals surface area contributed by atoms with Crippen LogP contribution in [0.5, 0.6) is 0 Å². The van der Waals surface area contributed by atoms with Crippen LogP contribution in [0.15, 0.2) is 233 Å². The number of nitrogens with zero attached hydrogens (tertiary/aromatic N) is 1. The molecule has 3 nitrogen and oxygen atoms in total. The number of rotatable bonds is 7. The number of para-hydroxylation sites is 2. The molecule has 66 heavy (non-hydrogen) atoms. The topological polar surface area (TPSA) is 29.5 Å². The number of fused-ring (bicyclic) bond motifs is 9. The quantitative estimate of drug-likeness (QED) is 0.160. The second-order valence-electron chi connectivity index (χ2n) is 18.1. The van der Waals surface area contributed by atoms with Gasteiger partial charge in [-0.1, -0.05) is 166 Å². The Morgan fingerprint density at radius 1 is 0.288 bits per heavy atom. The molecule has 0 saturated heterocycles. The molecule has 2 aromatic heterocycles. The zero-order chi connectivity index (χ0) is 43.9. The average molecular weight is 846 g/mol. The van der Waals surface area contributed by atoms with E-state index in [0.717, 1.165) is 72.1 Å². The zero-order valence-corrected chi connectivity index (χ0v) is 36.6. The Morgan fingerprint density at radius 2 is 0.697 bits per heavy atom. The van der Waals surface area contributed by atoms with E-state index in [1.165, 1.54) is 55.6 Å². The third kappa shape index (κ3) is 6.19. The Balaban J connectivity index is 0.818. The van der Waals surface area contributed by atoms with Crippen LogP contribution in [0.2, 0.25) is 0 Å². The van der Waals surface area contributed by atoms with E-state index in [4.69, 9.17) is 8.83 Å². The van der Waals surface area contributed by atoms with Gasteiger partial charge < -0.3 is 13.7 Å². The Hall–Kier alpha value is -8.40. The largest absolute Gasteiger partial charge is 0.456 e. The van der Waals surface area contributed by atoms with Crippen molar-refractivity contribution in [3.8, 4) is 55.6 Å². The number of hydrogen-bond donors (Lipinski definition) is 0. The lowest BCUT2D eigenvalue weighted by Gasteiger charge is -2.28. The molecule has 0 amide bonds. The van der Waals surface area contributed by atoms with Gasteiger partial charge in [-0.2, -0.15) is 0 Å². The number of anilines is 3. The summed E-state index contributed by atoms with van der Waals surface area (Å²) in [5.41, 5.74) is 21.6. The van der Waals surface area contributed by atoms with Gasteiger partial charge in [-0.05, 0) is 140 Å².